The second-order valence-corrected chi connectivity index (χ2v) is 7.24. The van der Waals surface area contributed by atoms with Gasteiger partial charge in [0, 0.05) is 31.6 Å². The van der Waals surface area contributed by atoms with E-state index in [4.69, 9.17) is 23.7 Å². The predicted molar refractivity (Wildman–Crippen MR) is 97.8 cm³/mol. The number of ether oxygens (including phenoxy) is 5. The van der Waals surface area contributed by atoms with E-state index >= 15 is 0 Å². The smallest absolute Gasteiger partial charge is 0.417 e. The SMILES string of the molecule is COCCOC(=O)[C@@H]1O[C@@](C)(C(F)(F)F)[C@@H](C)[C@H]1c1ccc(F)c(F)c1OCCOC. The maximum atomic E-state index is 14.5. The molecule has 0 bridgehead atoms. The fraction of sp³-hybridized carbons (Fsp3) is 0.650. The van der Waals surface area contributed by atoms with Crippen molar-refractivity contribution >= 4 is 5.97 Å². The van der Waals surface area contributed by atoms with Crippen molar-refractivity contribution in [2.75, 3.05) is 40.6 Å². The third-order valence-corrected chi connectivity index (χ3v) is 5.41. The largest absolute Gasteiger partial charge is 0.488 e. The minimum Gasteiger partial charge on any atom is -0.488 e. The third-order valence-electron chi connectivity index (χ3n) is 5.41. The first-order valence-electron chi connectivity index (χ1n) is 9.49. The van der Waals surface area contributed by atoms with E-state index in [9.17, 15) is 26.7 Å². The molecule has 176 valence electrons. The second kappa shape index (κ2) is 10.1. The molecule has 1 aliphatic rings. The van der Waals surface area contributed by atoms with Crippen LogP contribution in [0.25, 0.3) is 0 Å². The van der Waals surface area contributed by atoms with Crippen LogP contribution < -0.4 is 4.74 Å². The molecule has 4 atom stereocenters. The van der Waals surface area contributed by atoms with Crippen LogP contribution in [-0.4, -0.2) is 64.5 Å². The van der Waals surface area contributed by atoms with Crippen molar-refractivity contribution in [3.05, 3.63) is 29.3 Å². The number of rotatable bonds is 9. The summed E-state index contributed by atoms with van der Waals surface area (Å²) in [4.78, 5) is 12.6. The predicted octanol–water partition coefficient (Wildman–Crippen LogP) is 3.62. The van der Waals surface area contributed by atoms with Crippen LogP contribution in [0.2, 0.25) is 0 Å². The number of carbonyl (C=O) groups is 1. The van der Waals surface area contributed by atoms with E-state index in [0.717, 1.165) is 19.1 Å². The van der Waals surface area contributed by atoms with Crippen molar-refractivity contribution in [2.45, 2.75) is 37.6 Å². The Hall–Kier alpha value is -1.98. The normalized spacial score (nSPS) is 26.2. The Balaban J connectivity index is 2.53. The van der Waals surface area contributed by atoms with E-state index in [2.05, 4.69) is 0 Å². The molecule has 11 heteroatoms. The van der Waals surface area contributed by atoms with Crippen LogP contribution in [0.3, 0.4) is 0 Å². The van der Waals surface area contributed by atoms with Gasteiger partial charge in [0.1, 0.15) is 13.2 Å². The Labute approximate surface area is 176 Å². The fourth-order valence-corrected chi connectivity index (χ4v) is 3.49. The van der Waals surface area contributed by atoms with Gasteiger partial charge in [0.05, 0.1) is 13.2 Å². The minimum absolute atomic E-state index is 0.0196. The van der Waals surface area contributed by atoms with Crippen LogP contribution in [0.4, 0.5) is 22.0 Å². The van der Waals surface area contributed by atoms with E-state index in [-0.39, 0.29) is 32.0 Å². The number of carbonyl (C=O) groups excluding carboxylic acids is 1. The highest BCUT2D eigenvalue weighted by molar-refractivity contribution is 5.77. The van der Waals surface area contributed by atoms with Crippen LogP contribution >= 0.6 is 0 Å². The molecule has 0 aliphatic carbocycles. The second-order valence-electron chi connectivity index (χ2n) is 7.24. The Kier molecular flexibility index (Phi) is 8.23. The summed E-state index contributed by atoms with van der Waals surface area (Å²) in [5.41, 5.74) is -2.87. The summed E-state index contributed by atoms with van der Waals surface area (Å²) < 4.78 is 94.9. The third kappa shape index (κ3) is 5.09. The highest BCUT2D eigenvalue weighted by atomic mass is 19.4. The maximum Gasteiger partial charge on any atom is 0.417 e. The molecule has 0 N–H and O–H groups in total. The molecule has 2 rings (SSSR count). The summed E-state index contributed by atoms with van der Waals surface area (Å²) in [6.45, 7) is 1.67. The van der Waals surface area contributed by atoms with Gasteiger partial charge in [-0.05, 0) is 13.0 Å². The first-order chi connectivity index (χ1) is 14.5. The summed E-state index contributed by atoms with van der Waals surface area (Å²) in [6.07, 6.45) is -6.57. The summed E-state index contributed by atoms with van der Waals surface area (Å²) >= 11 is 0. The monoisotopic (exact) mass is 456 g/mol. The standard InChI is InChI=1S/C20H25F5O6/c1-11-14(12-5-6-13(21)15(22)16(12)29-9-7-27-3)17(18(26)30-10-8-28-4)31-19(11,2)20(23,24)25/h5-6,11,14,17H,7-10H2,1-4H3/t11-,14-,17+,19+/m0/s1. The van der Waals surface area contributed by atoms with Gasteiger partial charge >= 0.3 is 12.1 Å². The molecule has 1 aliphatic heterocycles. The van der Waals surface area contributed by atoms with Gasteiger partial charge in [-0.2, -0.15) is 17.6 Å². The Morgan fingerprint density at radius 2 is 1.71 bits per heavy atom. The lowest BCUT2D eigenvalue weighted by Crippen LogP contribution is -2.47. The van der Waals surface area contributed by atoms with Gasteiger partial charge in [-0.3, -0.25) is 0 Å². The number of hydrogen-bond acceptors (Lipinski definition) is 6. The quantitative estimate of drug-likeness (QED) is 0.321. The van der Waals surface area contributed by atoms with Gasteiger partial charge in [0.2, 0.25) is 5.82 Å². The molecule has 1 aromatic carbocycles. The number of benzene rings is 1. The van der Waals surface area contributed by atoms with E-state index in [1.54, 1.807) is 0 Å². The topological polar surface area (TPSA) is 63.2 Å². The average Bonchev–Trinajstić information content (AvgIpc) is 2.98. The molecule has 0 aromatic heterocycles. The number of hydrogen-bond donors (Lipinski definition) is 0. The average molecular weight is 456 g/mol. The van der Waals surface area contributed by atoms with Crippen LogP contribution in [0.5, 0.6) is 5.75 Å². The van der Waals surface area contributed by atoms with E-state index < -0.39 is 53.1 Å². The Morgan fingerprint density at radius 3 is 2.29 bits per heavy atom. The van der Waals surface area contributed by atoms with Crippen molar-refractivity contribution in [1.82, 2.24) is 0 Å². The molecule has 0 spiro atoms. The van der Waals surface area contributed by atoms with Crippen molar-refractivity contribution in [2.24, 2.45) is 5.92 Å². The molecule has 1 saturated heterocycles. The molecule has 6 nitrogen and oxygen atoms in total. The first-order valence-corrected chi connectivity index (χ1v) is 9.49. The van der Waals surface area contributed by atoms with Crippen molar-refractivity contribution in [3.63, 3.8) is 0 Å². The highest BCUT2D eigenvalue weighted by Crippen LogP contribution is 2.55. The molecule has 1 aromatic rings. The van der Waals surface area contributed by atoms with Gasteiger partial charge < -0.3 is 23.7 Å². The molecule has 1 fully saturated rings. The van der Waals surface area contributed by atoms with Crippen LogP contribution in [0.1, 0.15) is 25.3 Å². The van der Waals surface area contributed by atoms with E-state index in [0.29, 0.717) is 0 Å². The minimum atomic E-state index is -4.85. The van der Waals surface area contributed by atoms with E-state index in [1.165, 1.54) is 21.1 Å². The molecular formula is C20H25F5O6. The van der Waals surface area contributed by atoms with Gasteiger partial charge in [-0.25, -0.2) is 9.18 Å². The lowest BCUT2D eigenvalue weighted by atomic mass is 9.77. The first kappa shape index (κ1) is 25.3. The summed E-state index contributed by atoms with van der Waals surface area (Å²) in [5, 5.41) is 0. The van der Waals surface area contributed by atoms with E-state index in [1.807, 2.05) is 0 Å². The summed E-state index contributed by atoms with van der Waals surface area (Å²) in [5.74, 6) is -6.99. The van der Waals surface area contributed by atoms with Crippen LogP contribution in [-0.2, 0) is 23.7 Å². The number of methoxy groups -OCH3 is 2. The Morgan fingerprint density at radius 1 is 1.10 bits per heavy atom. The highest BCUT2D eigenvalue weighted by Gasteiger charge is 2.66. The number of esters is 1. The lowest BCUT2D eigenvalue weighted by molar-refractivity contribution is -0.274. The zero-order chi connectivity index (χ0) is 23.4. The molecule has 0 unspecified atom stereocenters. The van der Waals surface area contributed by atoms with Gasteiger partial charge in [0.25, 0.3) is 0 Å². The van der Waals surface area contributed by atoms with Crippen LogP contribution in [0.15, 0.2) is 12.1 Å². The maximum absolute atomic E-state index is 14.5. The molecule has 0 amide bonds. The number of alkyl halides is 3. The summed E-state index contributed by atoms with van der Waals surface area (Å²) in [6, 6.07) is 1.85. The van der Waals surface area contributed by atoms with Crippen LogP contribution in [0, 0.1) is 17.6 Å². The zero-order valence-electron chi connectivity index (χ0n) is 17.6. The molecule has 1 heterocycles. The molecule has 0 saturated carbocycles. The fourth-order valence-electron chi connectivity index (χ4n) is 3.49. The summed E-state index contributed by atoms with van der Waals surface area (Å²) in [7, 11) is 2.72. The van der Waals surface area contributed by atoms with Gasteiger partial charge in [0.15, 0.2) is 23.3 Å². The Bertz CT molecular complexity index is 771. The molecular weight excluding hydrogens is 431 g/mol. The lowest BCUT2D eigenvalue weighted by Gasteiger charge is -2.32. The molecule has 0 radical (unpaired) electrons. The van der Waals surface area contributed by atoms with Crippen molar-refractivity contribution in [1.29, 1.82) is 0 Å². The number of halogens is 5. The van der Waals surface area contributed by atoms with Crippen molar-refractivity contribution < 1.29 is 50.4 Å². The molecule has 31 heavy (non-hydrogen) atoms. The van der Waals surface area contributed by atoms with Crippen molar-refractivity contribution in [3.8, 4) is 5.75 Å². The zero-order valence-corrected chi connectivity index (χ0v) is 17.6. The van der Waals surface area contributed by atoms with Gasteiger partial charge in [-0.15, -0.1) is 0 Å². The van der Waals surface area contributed by atoms with Gasteiger partial charge in [-0.1, -0.05) is 13.0 Å².